The van der Waals surface area contributed by atoms with Gasteiger partial charge in [-0.15, -0.1) is 0 Å². The molecule has 1 aromatic carbocycles. The highest BCUT2D eigenvalue weighted by Gasteiger charge is 2.32. The molecule has 31 heavy (non-hydrogen) atoms. The van der Waals surface area contributed by atoms with Crippen molar-refractivity contribution in [3.8, 4) is 5.75 Å². The fraction of sp³-hybridized carbons (Fsp3) is 0.654. The third-order valence-electron chi connectivity index (χ3n) is 5.19. The van der Waals surface area contributed by atoms with Crippen LogP contribution in [0.1, 0.15) is 92.2 Å². The molecule has 0 amide bonds. The summed E-state index contributed by atoms with van der Waals surface area (Å²) >= 11 is 0. The van der Waals surface area contributed by atoms with Crippen molar-refractivity contribution in [3.05, 3.63) is 29.3 Å². The fourth-order valence-corrected chi connectivity index (χ4v) is 3.21. The van der Waals surface area contributed by atoms with Crippen molar-refractivity contribution in [1.82, 2.24) is 0 Å². The second kappa shape index (κ2) is 11.4. The Balaban J connectivity index is 2.75. The number of ketones is 2. The molecule has 0 saturated carbocycles. The smallest absolute Gasteiger partial charge is 0.324 e. The van der Waals surface area contributed by atoms with E-state index < -0.39 is 23.5 Å². The lowest BCUT2D eigenvalue weighted by Crippen LogP contribution is -2.32. The highest BCUT2D eigenvalue weighted by atomic mass is 16.5. The SMILES string of the molecule is CCCCOC(=O)C(C(C)=O)C(=O)CCCOc1ccc(C(C)(C)C)cc1C(C)(C)C. The average molecular weight is 433 g/mol. The monoisotopic (exact) mass is 432 g/mol. The van der Waals surface area contributed by atoms with Gasteiger partial charge < -0.3 is 9.47 Å². The van der Waals surface area contributed by atoms with Crippen LogP contribution >= 0.6 is 0 Å². The average Bonchev–Trinajstić information content (AvgIpc) is 2.63. The van der Waals surface area contributed by atoms with Crippen molar-refractivity contribution < 1.29 is 23.9 Å². The van der Waals surface area contributed by atoms with Crippen molar-refractivity contribution in [1.29, 1.82) is 0 Å². The number of benzene rings is 1. The van der Waals surface area contributed by atoms with Gasteiger partial charge in [0, 0.05) is 6.42 Å². The number of rotatable bonds is 11. The summed E-state index contributed by atoms with van der Waals surface area (Å²) < 4.78 is 11.1. The van der Waals surface area contributed by atoms with Gasteiger partial charge in [0.1, 0.15) is 5.75 Å². The first kappa shape index (κ1) is 26.9. The van der Waals surface area contributed by atoms with E-state index >= 15 is 0 Å². The molecule has 0 bridgehead atoms. The maximum Gasteiger partial charge on any atom is 0.324 e. The van der Waals surface area contributed by atoms with Gasteiger partial charge in [0.2, 0.25) is 0 Å². The zero-order valence-electron chi connectivity index (χ0n) is 20.6. The molecular formula is C26H40O5. The quantitative estimate of drug-likeness (QED) is 0.260. The topological polar surface area (TPSA) is 69.7 Å². The summed E-state index contributed by atoms with van der Waals surface area (Å²) in [5.74, 6) is -2.14. The second-order valence-electron chi connectivity index (χ2n) is 10.2. The normalized spacial score (nSPS) is 12.9. The third-order valence-corrected chi connectivity index (χ3v) is 5.19. The molecule has 0 saturated heterocycles. The molecule has 0 N–H and O–H groups in total. The van der Waals surface area contributed by atoms with E-state index in [4.69, 9.17) is 9.47 Å². The minimum atomic E-state index is -1.33. The summed E-state index contributed by atoms with van der Waals surface area (Å²) in [5, 5.41) is 0. The van der Waals surface area contributed by atoms with Crippen LogP contribution in [0.25, 0.3) is 0 Å². The minimum Gasteiger partial charge on any atom is -0.493 e. The Kier molecular flexibility index (Phi) is 9.92. The van der Waals surface area contributed by atoms with Gasteiger partial charge in [0.05, 0.1) is 13.2 Å². The second-order valence-corrected chi connectivity index (χ2v) is 10.2. The summed E-state index contributed by atoms with van der Waals surface area (Å²) in [6.45, 7) is 16.8. The first-order valence-corrected chi connectivity index (χ1v) is 11.3. The number of carbonyl (C=O) groups excluding carboxylic acids is 3. The molecule has 5 nitrogen and oxygen atoms in total. The fourth-order valence-electron chi connectivity index (χ4n) is 3.21. The predicted octanol–water partition coefficient (Wildman–Crippen LogP) is 5.56. The van der Waals surface area contributed by atoms with Gasteiger partial charge in [0.25, 0.3) is 0 Å². The van der Waals surface area contributed by atoms with Gasteiger partial charge in [-0.3, -0.25) is 14.4 Å². The molecule has 5 heteroatoms. The van der Waals surface area contributed by atoms with E-state index in [0.29, 0.717) is 19.4 Å². The molecule has 174 valence electrons. The van der Waals surface area contributed by atoms with E-state index in [9.17, 15) is 14.4 Å². The molecule has 0 aliphatic rings. The van der Waals surface area contributed by atoms with Gasteiger partial charge in [0.15, 0.2) is 17.5 Å². The van der Waals surface area contributed by atoms with Crippen molar-refractivity contribution >= 4 is 17.5 Å². The molecule has 0 aliphatic carbocycles. The van der Waals surface area contributed by atoms with E-state index in [1.807, 2.05) is 13.0 Å². The Hall–Kier alpha value is -2.17. The van der Waals surface area contributed by atoms with Gasteiger partial charge in [-0.05, 0) is 47.8 Å². The number of hydrogen-bond acceptors (Lipinski definition) is 5. The summed E-state index contributed by atoms with van der Waals surface area (Å²) in [6, 6.07) is 6.26. The predicted molar refractivity (Wildman–Crippen MR) is 124 cm³/mol. The molecule has 0 heterocycles. The number of carbonyl (C=O) groups is 3. The van der Waals surface area contributed by atoms with Crippen LogP contribution in [0.2, 0.25) is 0 Å². The Morgan fingerprint density at radius 3 is 2.10 bits per heavy atom. The Morgan fingerprint density at radius 2 is 1.58 bits per heavy atom. The molecule has 0 aliphatic heterocycles. The van der Waals surface area contributed by atoms with E-state index in [1.54, 1.807) is 0 Å². The number of esters is 1. The number of Topliss-reactive ketones (excluding diaryl/α,β-unsaturated/α-hetero) is 2. The van der Waals surface area contributed by atoms with Crippen molar-refractivity contribution in [2.75, 3.05) is 13.2 Å². The zero-order valence-corrected chi connectivity index (χ0v) is 20.6. The van der Waals surface area contributed by atoms with Crippen LogP contribution < -0.4 is 4.74 Å². The molecule has 1 unspecified atom stereocenters. The standard InChI is InChI=1S/C26H40O5/c1-9-10-15-31-24(29)23(18(2)27)21(28)12-11-16-30-22-14-13-19(25(3,4)5)17-20(22)26(6,7)8/h13-14,17,23H,9-12,15-16H2,1-8H3. The van der Waals surface area contributed by atoms with Crippen LogP contribution in [0.3, 0.4) is 0 Å². The summed E-state index contributed by atoms with van der Waals surface area (Å²) in [7, 11) is 0. The molecule has 1 aromatic rings. The van der Waals surface area contributed by atoms with Crippen LogP contribution in [-0.2, 0) is 30.0 Å². The van der Waals surface area contributed by atoms with Gasteiger partial charge >= 0.3 is 5.97 Å². The summed E-state index contributed by atoms with van der Waals surface area (Å²) in [6.07, 6.45) is 2.10. The van der Waals surface area contributed by atoms with E-state index in [0.717, 1.165) is 17.7 Å². The number of ether oxygens (including phenoxy) is 2. The number of hydrogen-bond donors (Lipinski definition) is 0. The first-order valence-electron chi connectivity index (χ1n) is 11.3. The molecular weight excluding hydrogens is 392 g/mol. The molecule has 0 fully saturated rings. The maximum atomic E-state index is 12.5. The molecule has 0 aromatic heterocycles. The lowest BCUT2D eigenvalue weighted by molar-refractivity contribution is -0.155. The summed E-state index contributed by atoms with van der Waals surface area (Å²) in [5.41, 5.74) is 2.31. The van der Waals surface area contributed by atoms with Crippen LogP contribution in [-0.4, -0.2) is 30.7 Å². The lowest BCUT2D eigenvalue weighted by atomic mass is 9.80. The van der Waals surface area contributed by atoms with E-state index in [2.05, 4.69) is 53.7 Å². The van der Waals surface area contributed by atoms with Gasteiger partial charge in [-0.25, -0.2) is 0 Å². The van der Waals surface area contributed by atoms with Crippen LogP contribution in [0.15, 0.2) is 18.2 Å². The highest BCUT2D eigenvalue weighted by molar-refractivity contribution is 6.16. The van der Waals surface area contributed by atoms with Crippen molar-refractivity contribution in [2.24, 2.45) is 5.92 Å². The Morgan fingerprint density at radius 1 is 0.935 bits per heavy atom. The summed E-state index contributed by atoms with van der Waals surface area (Å²) in [4.78, 5) is 36.4. The van der Waals surface area contributed by atoms with Gasteiger partial charge in [-0.2, -0.15) is 0 Å². The largest absolute Gasteiger partial charge is 0.493 e. The lowest BCUT2D eigenvalue weighted by Gasteiger charge is -2.27. The van der Waals surface area contributed by atoms with Crippen LogP contribution in [0.5, 0.6) is 5.75 Å². The molecule has 0 radical (unpaired) electrons. The van der Waals surface area contributed by atoms with Crippen molar-refractivity contribution in [3.63, 3.8) is 0 Å². The van der Waals surface area contributed by atoms with E-state index in [-0.39, 0.29) is 23.9 Å². The van der Waals surface area contributed by atoms with Crippen LogP contribution in [0.4, 0.5) is 0 Å². The molecule has 1 rings (SSSR count). The third kappa shape index (κ3) is 8.47. The Bertz CT molecular complexity index is 765. The number of unbranched alkanes of at least 4 members (excludes halogenated alkanes) is 1. The van der Waals surface area contributed by atoms with E-state index in [1.165, 1.54) is 12.5 Å². The van der Waals surface area contributed by atoms with Crippen molar-refractivity contribution in [2.45, 2.75) is 91.9 Å². The first-order chi connectivity index (χ1) is 14.3. The molecule has 1 atom stereocenters. The Labute approximate surface area is 187 Å². The maximum absolute atomic E-state index is 12.5. The zero-order chi connectivity index (χ0) is 23.8. The van der Waals surface area contributed by atoms with Gasteiger partial charge in [-0.1, -0.05) is 67.0 Å². The minimum absolute atomic E-state index is 0.0401. The molecule has 0 spiro atoms. The highest BCUT2D eigenvalue weighted by Crippen LogP contribution is 2.35. The van der Waals surface area contributed by atoms with Crippen LogP contribution in [0, 0.1) is 5.92 Å².